The summed E-state index contributed by atoms with van der Waals surface area (Å²) in [5, 5.41) is 59.0. The highest BCUT2D eigenvalue weighted by atomic mass is 16.7. The molecular formula is C44H82N2O14. The van der Waals surface area contributed by atoms with E-state index in [1.807, 2.05) is 44.7 Å². The summed E-state index contributed by atoms with van der Waals surface area (Å²) in [5.74, 6) is -2.97. The normalized spacial score (nSPS) is 44.5. The van der Waals surface area contributed by atoms with Gasteiger partial charge in [-0.25, -0.2) is 0 Å². The summed E-state index contributed by atoms with van der Waals surface area (Å²) in [5.41, 5.74) is -4.48. The lowest BCUT2D eigenvalue weighted by Crippen LogP contribution is -2.60. The van der Waals surface area contributed by atoms with Gasteiger partial charge in [0.2, 0.25) is 0 Å². The maximum absolute atomic E-state index is 14.3. The number of unbranched alkanes of at least 4 members (excludes halogenated alkanes) is 1. The van der Waals surface area contributed by atoms with E-state index in [1.54, 1.807) is 48.5 Å². The summed E-state index contributed by atoms with van der Waals surface area (Å²) in [6.45, 7) is 20.7. The molecule has 18 unspecified atom stereocenters. The molecule has 16 nitrogen and oxygen atoms in total. The zero-order valence-corrected chi connectivity index (χ0v) is 39.0. The Labute approximate surface area is 359 Å². The van der Waals surface area contributed by atoms with Crippen LogP contribution in [-0.2, 0) is 42.7 Å². The van der Waals surface area contributed by atoms with Crippen LogP contribution in [0.3, 0.4) is 0 Å². The van der Waals surface area contributed by atoms with Crippen LogP contribution in [0.25, 0.3) is 0 Å². The monoisotopic (exact) mass is 863 g/mol. The van der Waals surface area contributed by atoms with Gasteiger partial charge in [-0.05, 0) is 114 Å². The van der Waals surface area contributed by atoms with E-state index in [-0.39, 0.29) is 43.3 Å². The number of likely N-dealkylation sites (N-methyl/N-ethyl adjacent to an activating group) is 2. The molecule has 352 valence electrons. The van der Waals surface area contributed by atoms with Crippen LogP contribution in [0.5, 0.6) is 0 Å². The lowest BCUT2D eigenvalue weighted by atomic mass is 9.77. The Bertz CT molecular complexity index is 1340. The maximum Gasteiger partial charge on any atom is 0.311 e. The molecule has 0 aromatic heterocycles. The molecule has 3 saturated heterocycles. The highest BCUT2D eigenvalue weighted by Gasteiger charge is 2.52. The van der Waals surface area contributed by atoms with E-state index < -0.39 is 96.0 Å². The first-order valence-corrected chi connectivity index (χ1v) is 22.3. The van der Waals surface area contributed by atoms with Crippen molar-refractivity contribution in [2.24, 2.45) is 17.8 Å². The van der Waals surface area contributed by atoms with Gasteiger partial charge in [0.15, 0.2) is 12.6 Å². The van der Waals surface area contributed by atoms with Crippen molar-refractivity contribution in [1.82, 2.24) is 9.80 Å². The van der Waals surface area contributed by atoms with Crippen LogP contribution in [0.4, 0.5) is 0 Å². The van der Waals surface area contributed by atoms with Crippen LogP contribution < -0.4 is 0 Å². The van der Waals surface area contributed by atoms with Gasteiger partial charge in [-0.15, -0.1) is 0 Å². The number of hydrogen-bond donors (Lipinski definition) is 5. The smallest absolute Gasteiger partial charge is 0.311 e. The van der Waals surface area contributed by atoms with Crippen LogP contribution in [0.15, 0.2) is 0 Å². The Kier molecular flexibility index (Phi) is 19.7. The van der Waals surface area contributed by atoms with Crippen molar-refractivity contribution in [1.29, 1.82) is 0 Å². The predicted molar refractivity (Wildman–Crippen MR) is 224 cm³/mol. The van der Waals surface area contributed by atoms with E-state index in [4.69, 9.17) is 33.2 Å². The van der Waals surface area contributed by atoms with Crippen LogP contribution in [0, 0.1) is 17.8 Å². The van der Waals surface area contributed by atoms with Crippen molar-refractivity contribution < 1.29 is 68.3 Å². The molecule has 0 aromatic carbocycles. The molecule has 18 atom stereocenters. The molecule has 16 heteroatoms. The van der Waals surface area contributed by atoms with Crippen molar-refractivity contribution in [2.75, 3.05) is 40.9 Å². The minimum Gasteiger partial charge on any atom is -0.466 e. The second-order valence-corrected chi connectivity index (χ2v) is 18.9. The first-order chi connectivity index (χ1) is 27.8. The fraction of sp³-hybridized carbons (Fsp3) is 0.955. The minimum atomic E-state index is -1.82. The van der Waals surface area contributed by atoms with Gasteiger partial charge in [-0.1, -0.05) is 20.8 Å². The topological polar surface area (TPSA) is 206 Å². The predicted octanol–water partition coefficient (Wildman–Crippen LogP) is 3.00. The number of nitrogens with zero attached hydrogens (tertiary/aromatic N) is 2. The van der Waals surface area contributed by atoms with E-state index in [1.165, 1.54) is 14.0 Å². The number of hydrogen-bond acceptors (Lipinski definition) is 16. The summed E-state index contributed by atoms with van der Waals surface area (Å²) in [7, 11) is 5.25. The second-order valence-electron chi connectivity index (χ2n) is 18.9. The summed E-state index contributed by atoms with van der Waals surface area (Å²) in [6, 6.07) is -0.939. The van der Waals surface area contributed by atoms with Gasteiger partial charge in [-0.2, -0.15) is 0 Å². The number of aliphatic hydroxyl groups is 5. The zero-order chi connectivity index (χ0) is 45.5. The zero-order valence-electron chi connectivity index (χ0n) is 39.0. The number of methoxy groups -OCH3 is 1. The van der Waals surface area contributed by atoms with E-state index in [9.17, 15) is 35.1 Å². The molecule has 0 bridgehead atoms. The number of rotatable bonds is 13. The first-order valence-electron chi connectivity index (χ1n) is 22.3. The molecule has 0 saturated carbocycles. The number of carbonyl (C=O) groups is 2. The maximum atomic E-state index is 14.3. The SMILES string of the molecule is CCOC(=O)CCCCN(C)C1CC(C)OC(OC2C(C)C(OC3CC(C)(OC)C(O)C(C)O3)C(C)C(=O)OC(CC)C(C)(O)C(O)C(C)N(C)CC(C)CC2(C)O)C1O. The number of cyclic esters (lactones) is 1. The first kappa shape index (κ1) is 52.8. The summed E-state index contributed by atoms with van der Waals surface area (Å²) in [4.78, 5) is 30.2. The standard InChI is InChI=1S/C44H82N2O14/c1-15-32-44(11,53)37(49)29(7)46(13)24-25(3)22-42(9,52)39(60-41-35(48)31(21-26(4)56-41)45(12)20-18-17-19-33(47)55-16-2)27(5)36(28(6)40(51)58-32)59-34-23-43(10,54-14)38(50)30(8)57-34/h25-32,34-39,41,48-50,52-53H,15-24H2,1-14H3. The molecule has 0 spiro atoms. The minimum absolute atomic E-state index is 0.109. The van der Waals surface area contributed by atoms with Gasteiger partial charge < -0.3 is 68.5 Å². The quantitative estimate of drug-likeness (QED) is 0.133. The molecule has 3 rings (SSSR count). The van der Waals surface area contributed by atoms with Crippen molar-refractivity contribution in [3.63, 3.8) is 0 Å². The van der Waals surface area contributed by atoms with Gasteiger partial charge in [0, 0.05) is 44.5 Å². The average Bonchev–Trinajstić information content (AvgIpc) is 3.17. The highest BCUT2D eigenvalue weighted by Crippen LogP contribution is 2.40. The number of aliphatic hydroxyl groups excluding tert-OH is 3. The third kappa shape index (κ3) is 13.0. The van der Waals surface area contributed by atoms with Crippen LogP contribution >= 0.6 is 0 Å². The molecule has 0 aromatic rings. The highest BCUT2D eigenvalue weighted by molar-refractivity contribution is 5.73. The van der Waals surface area contributed by atoms with Gasteiger partial charge in [-0.3, -0.25) is 9.59 Å². The molecule has 0 amide bonds. The Morgan fingerprint density at radius 1 is 0.950 bits per heavy atom. The van der Waals surface area contributed by atoms with Crippen LogP contribution in [-0.4, -0.2) is 178 Å². The fourth-order valence-corrected chi connectivity index (χ4v) is 9.69. The molecule has 3 aliphatic rings. The fourth-order valence-electron chi connectivity index (χ4n) is 9.69. The molecule has 5 N–H and O–H groups in total. The van der Waals surface area contributed by atoms with Crippen molar-refractivity contribution in [3.05, 3.63) is 0 Å². The molecule has 0 radical (unpaired) electrons. The number of ether oxygens (including phenoxy) is 7. The molecule has 3 aliphatic heterocycles. The summed E-state index contributed by atoms with van der Waals surface area (Å²) in [6.07, 6.45) is -7.17. The summed E-state index contributed by atoms with van der Waals surface area (Å²) >= 11 is 0. The van der Waals surface area contributed by atoms with E-state index in [0.717, 1.165) is 0 Å². The third-order valence-electron chi connectivity index (χ3n) is 13.6. The van der Waals surface area contributed by atoms with Crippen LogP contribution in [0.1, 0.15) is 121 Å². The van der Waals surface area contributed by atoms with Crippen molar-refractivity contribution in [2.45, 2.75) is 211 Å². The van der Waals surface area contributed by atoms with Crippen molar-refractivity contribution >= 4 is 11.9 Å². The average molecular weight is 863 g/mol. The molecular weight excluding hydrogens is 780 g/mol. The van der Waals surface area contributed by atoms with E-state index >= 15 is 0 Å². The largest absolute Gasteiger partial charge is 0.466 e. The summed E-state index contributed by atoms with van der Waals surface area (Å²) < 4.78 is 43.0. The lowest BCUT2D eigenvalue weighted by molar-refractivity contribution is -0.318. The number of esters is 2. The van der Waals surface area contributed by atoms with E-state index in [0.29, 0.717) is 45.4 Å². The lowest BCUT2D eigenvalue weighted by Gasteiger charge is -2.49. The Balaban J connectivity index is 2.09. The Hall–Kier alpha value is -1.54. The second kappa shape index (κ2) is 22.4. The van der Waals surface area contributed by atoms with E-state index in [2.05, 4.69) is 0 Å². The van der Waals surface area contributed by atoms with Gasteiger partial charge in [0.1, 0.15) is 30.0 Å². The van der Waals surface area contributed by atoms with Gasteiger partial charge >= 0.3 is 11.9 Å². The Morgan fingerprint density at radius 3 is 2.20 bits per heavy atom. The van der Waals surface area contributed by atoms with Crippen molar-refractivity contribution in [3.8, 4) is 0 Å². The number of carbonyl (C=O) groups excluding carboxylic acids is 2. The molecule has 3 fully saturated rings. The molecule has 60 heavy (non-hydrogen) atoms. The Morgan fingerprint density at radius 2 is 1.60 bits per heavy atom. The molecule has 3 heterocycles. The van der Waals surface area contributed by atoms with Gasteiger partial charge in [0.25, 0.3) is 0 Å². The molecule has 0 aliphatic carbocycles. The van der Waals surface area contributed by atoms with Gasteiger partial charge in [0.05, 0.1) is 48.1 Å². The third-order valence-corrected chi connectivity index (χ3v) is 13.6. The van der Waals surface area contributed by atoms with Crippen LogP contribution in [0.2, 0.25) is 0 Å².